The minimum Gasteiger partial charge on any atom is -0.481 e. The van der Waals surface area contributed by atoms with Crippen molar-refractivity contribution in [1.29, 1.82) is 0 Å². The van der Waals surface area contributed by atoms with Crippen molar-refractivity contribution in [2.75, 3.05) is 11.5 Å². The van der Waals surface area contributed by atoms with Gasteiger partial charge in [0.1, 0.15) is 0 Å². The molecule has 12 heavy (non-hydrogen) atoms. The van der Waals surface area contributed by atoms with Crippen molar-refractivity contribution in [3.8, 4) is 0 Å². The van der Waals surface area contributed by atoms with Gasteiger partial charge in [0.2, 0.25) is 0 Å². The highest BCUT2D eigenvalue weighted by molar-refractivity contribution is 8.03. The lowest BCUT2D eigenvalue weighted by Crippen LogP contribution is -2.10. The zero-order chi connectivity index (χ0) is 9.19. The maximum absolute atomic E-state index is 10.8. The third-order valence-corrected chi connectivity index (χ3v) is 4.09. The van der Waals surface area contributed by atoms with Crippen LogP contribution in [-0.2, 0) is 14.6 Å². The fraction of sp³-hybridized carbons (Fsp3) is 0.500. The molecule has 1 atom stereocenters. The standard InChI is InChI=1S/C6H8O4S2/c7-6(8)3-11-5-1-2-12(9,10)4-5/h1-2,5H,3-4H2,(H,7,8)/t5-/m0/s1. The monoisotopic (exact) mass is 208 g/mol. The summed E-state index contributed by atoms with van der Waals surface area (Å²) in [4.78, 5) is 10.1. The highest BCUT2D eigenvalue weighted by Crippen LogP contribution is 2.20. The molecule has 4 nitrogen and oxygen atoms in total. The van der Waals surface area contributed by atoms with Gasteiger partial charge in [-0.25, -0.2) is 8.42 Å². The lowest BCUT2D eigenvalue weighted by molar-refractivity contribution is -0.133. The molecule has 1 aliphatic heterocycles. The van der Waals surface area contributed by atoms with E-state index in [0.29, 0.717) is 0 Å². The number of sulfone groups is 1. The van der Waals surface area contributed by atoms with E-state index in [1.54, 1.807) is 0 Å². The zero-order valence-electron chi connectivity index (χ0n) is 6.13. The minimum atomic E-state index is -3.04. The Bertz CT molecular complexity index is 304. The second-order valence-corrected chi connectivity index (χ2v) is 5.56. The van der Waals surface area contributed by atoms with Gasteiger partial charge < -0.3 is 5.11 Å². The number of carbonyl (C=O) groups is 1. The summed E-state index contributed by atoms with van der Waals surface area (Å²) in [6, 6.07) is 0. The molecule has 1 rings (SSSR count). The molecule has 1 heterocycles. The van der Waals surface area contributed by atoms with Crippen LogP contribution < -0.4 is 0 Å². The fourth-order valence-corrected chi connectivity index (χ4v) is 3.54. The van der Waals surface area contributed by atoms with Crippen LogP contribution in [0.5, 0.6) is 0 Å². The second kappa shape index (κ2) is 3.49. The van der Waals surface area contributed by atoms with Crippen LogP contribution in [0, 0.1) is 0 Å². The summed E-state index contributed by atoms with van der Waals surface area (Å²) in [6.07, 6.45) is 1.53. The minimum absolute atomic E-state index is 0.0327. The van der Waals surface area contributed by atoms with Crippen LogP contribution >= 0.6 is 11.8 Å². The first-order valence-corrected chi connectivity index (χ1v) is 6.00. The largest absolute Gasteiger partial charge is 0.481 e. The van der Waals surface area contributed by atoms with Crippen LogP contribution in [0.2, 0.25) is 0 Å². The number of aliphatic carboxylic acids is 1. The number of hydrogen-bond donors (Lipinski definition) is 1. The summed E-state index contributed by atoms with van der Waals surface area (Å²) in [7, 11) is -3.04. The molecule has 0 saturated heterocycles. The molecular weight excluding hydrogens is 200 g/mol. The molecule has 0 fully saturated rings. The Morgan fingerprint density at radius 3 is 2.75 bits per heavy atom. The van der Waals surface area contributed by atoms with Gasteiger partial charge in [0.25, 0.3) is 0 Å². The number of carboxylic acid groups (broad SMARTS) is 1. The molecule has 1 aliphatic rings. The summed E-state index contributed by atoms with van der Waals surface area (Å²) >= 11 is 1.13. The van der Waals surface area contributed by atoms with Gasteiger partial charge >= 0.3 is 5.97 Å². The fourth-order valence-electron chi connectivity index (χ4n) is 0.829. The molecule has 1 N–H and O–H groups in total. The molecule has 68 valence electrons. The van der Waals surface area contributed by atoms with Gasteiger partial charge in [-0.1, -0.05) is 6.08 Å². The Morgan fingerprint density at radius 1 is 1.67 bits per heavy atom. The van der Waals surface area contributed by atoms with Crippen LogP contribution in [0.3, 0.4) is 0 Å². The number of thioether (sulfide) groups is 1. The third-order valence-electron chi connectivity index (χ3n) is 1.32. The highest BCUT2D eigenvalue weighted by atomic mass is 32.2. The quantitative estimate of drug-likeness (QED) is 0.713. The Hall–Kier alpha value is -0.490. The van der Waals surface area contributed by atoms with Crippen molar-refractivity contribution in [3.63, 3.8) is 0 Å². The van der Waals surface area contributed by atoms with Gasteiger partial charge in [0.05, 0.1) is 11.5 Å². The molecule has 0 aromatic heterocycles. The van der Waals surface area contributed by atoms with E-state index in [1.807, 2.05) is 0 Å². The summed E-state index contributed by atoms with van der Waals surface area (Å²) in [6.45, 7) is 0. The first kappa shape index (κ1) is 9.60. The van der Waals surface area contributed by atoms with Crippen molar-refractivity contribution in [3.05, 3.63) is 11.5 Å². The molecule has 0 spiro atoms. The number of rotatable bonds is 3. The molecule has 0 aromatic rings. The maximum Gasteiger partial charge on any atom is 0.313 e. The van der Waals surface area contributed by atoms with E-state index in [1.165, 1.54) is 6.08 Å². The lowest BCUT2D eigenvalue weighted by atomic mass is 10.5. The van der Waals surface area contributed by atoms with Gasteiger partial charge in [-0.3, -0.25) is 4.79 Å². The predicted molar refractivity (Wildman–Crippen MR) is 46.8 cm³/mol. The van der Waals surface area contributed by atoms with Gasteiger partial charge in [-0.2, -0.15) is 0 Å². The molecule has 0 saturated carbocycles. The summed E-state index contributed by atoms with van der Waals surface area (Å²) in [5.74, 6) is -0.937. The zero-order valence-corrected chi connectivity index (χ0v) is 7.77. The highest BCUT2D eigenvalue weighted by Gasteiger charge is 2.22. The molecule has 0 amide bonds. The third kappa shape index (κ3) is 2.86. The Kier molecular flexibility index (Phi) is 2.79. The predicted octanol–water partition coefficient (Wildman–Crippen LogP) is 0.115. The van der Waals surface area contributed by atoms with Gasteiger partial charge in [0.15, 0.2) is 9.84 Å². The van der Waals surface area contributed by atoms with Crippen LogP contribution in [0.15, 0.2) is 11.5 Å². The van der Waals surface area contributed by atoms with E-state index in [-0.39, 0.29) is 16.8 Å². The van der Waals surface area contributed by atoms with Crippen LogP contribution in [0.4, 0.5) is 0 Å². The lowest BCUT2D eigenvalue weighted by Gasteiger charge is -2.02. The van der Waals surface area contributed by atoms with E-state index >= 15 is 0 Å². The molecule has 0 aliphatic carbocycles. The molecule has 0 radical (unpaired) electrons. The summed E-state index contributed by atoms with van der Waals surface area (Å²) in [5, 5.41) is 9.27. The number of carboxylic acids is 1. The van der Waals surface area contributed by atoms with Gasteiger partial charge in [0, 0.05) is 10.7 Å². The van der Waals surface area contributed by atoms with Crippen LogP contribution in [0.25, 0.3) is 0 Å². The van der Waals surface area contributed by atoms with Crippen molar-refractivity contribution >= 4 is 27.6 Å². The summed E-state index contributed by atoms with van der Waals surface area (Å²) in [5.41, 5.74) is 0. The van der Waals surface area contributed by atoms with Gasteiger partial charge in [-0.05, 0) is 0 Å². The first-order valence-electron chi connectivity index (χ1n) is 3.24. The van der Waals surface area contributed by atoms with Crippen LogP contribution in [-0.4, -0.2) is 36.2 Å². The Morgan fingerprint density at radius 2 is 2.33 bits per heavy atom. The van der Waals surface area contributed by atoms with E-state index in [4.69, 9.17) is 5.11 Å². The van der Waals surface area contributed by atoms with E-state index < -0.39 is 15.8 Å². The smallest absolute Gasteiger partial charge is 0.313 e. The average Bonchev–Trinajstić information content (AvgIpc) is 2.26. The van der Waals surface area contributed by atoms with E-state index in [0.717, 1.165) is 17.2 Å². The number of hydrogen-bond acceptors (Lipinski definition) is 4. The van der Waals surface area contributed by atoms with Gasteiger partial charge in [-0.15, -0.1) is 11.8 Å². The molecular formula is C6H8O4S2. The molecule has 0 unspecified atom stereocenters. The molecule has 0 bridgehead atoms. The van der Waals surface area contributed by atoms with Crippen LogP contribution in [0.1, 0.15) is 0 Å². The Balaban J connectivity index is 2.40. The summed E-state index contributed by atoms with van der Waals surface area (Å²) < 4.78 is 21.7. The topological polar surface area (TPSA) is 71.4 Å². The molecule has 6 heteroatoms. The molecule has 0 aromatic carbocycles. The first-order chi connectivity index (χ1) is 5.49. The Labute approximate surface area is 74.6 Å². The maximum atomic E-state index is 10.8. The second-order valence-electron chi connectivity index (χ2n) is 2.40. The normalized spacial score (nSPS) is 25.8. The SMILES string of the molecule is O=C(O)CS[C@H]1C=CS(=O)(=O)C1. The average molecular weight is 208 g/mol. The van der Waals surface area contributed by atoms with Crippen molar-refractivity contribution in [2.24, 2.45) is 0 Å². The van der Waals surface area contributed by atoms with E-state index in [9.17, 15) is 13.2 Å². The van der Waals surface area contributed by atoms with E-state index in [2.05, 4.69) is 0 Å². The van der Waals surface area contributed by atoms with Crippen molar-refractivity contribution < 1.29 is 18.3 Å². The van der Waals surface area contributed by atoms with Crippen molar-refractivity contribution in [2.45, 2.75) is 5.25 Å². The van der Waals surface area contributed by atoms with Crippen molar-refractivity contribution in [1.82, 2.24) is 0 Å².